The molecule has 0 aliphatic carbocycles. The van der Waals surface area contributed by atoms with Crippen LogP contribution < -0.4 is 4.74 Å². The number of rotatable bonds is 9. The summed E-state index contributed by atoms with van der Waals surface area (Å²) in [5, 5.41) is 13.7. The van der Waals surface area contributed by atoms with Gasteiger partial charge in [-0.15, -0.1) is 23.8 Å². The van der Waals surface area contributed by atoms with Crippen molar-refractivity contribution in [2.45, 2.75) is 73.6 Å². The smallest absolute Gasteiger partial charge is 0.162 e. The first-order valence-corrected chi connectivity index (χ1v) is 14.6. The Kier molecular flexibility index (Phi) is 10.6. The van der Waals surface area contributed by atoms with Crippen LogP contribution in [0.25, 0.3) is 32.8 Å². The van der Waals surface area contributed by atoms with E-state index in [-0.39, 0.29) is 49.4 Å². The minimum atomic E-state index is -1.41. The average Bonchev–Trinajstić information content (AvgIpc) is 2.98. The Morgan fingerprint density at radius 1 is 1.02 bits per heavy atom. The Hall–Kier alpha value is -3.01. The van der Waals surface area contributed by atoms with Crippen LogP contribution in [-0.2, 0) is 31.3 Å². The van der Waals surface area contributed by atoms with Crippen molar-refractivity contribution in [2.24, 2.45) is 17.8 Å². The van der Waals surface area contributed by atoms with E-state index in [0.29, 0.717) is 11.3 Å². The summed E-state index contributed by atoms with van der Waals surface area (Å²) in [5.41, 5.74) is 2.35. The molecule has 1 aromatic heterocycles. The first kappa shape index (κ1) is 29.5. The van der Waals surface area contributed by atoms with Crippen molar-refractivity contribution < 1.29 is 37.5 Å². The Balaban J connectivity index is 0.000000274. The maximum absolute atomic E-state index is 11.7. The number of hydrogen-bond acceptors (Lipinski definition) is 4. The molecule has 0 spiro atoms. The van der Waals surface area contributed by atoms with Crippen molar-refractivity contribution in [2.75, 3.05) is 0 Å². The third-order valence-corrected chi connectivity index (χ3v) is 7.63. The predicted octanol–water partition coefficient (Wildman–Crippen LogP) is 10.0. The second-order valence-corrected chi connectivity index (χ2v) is 10.7. The van der Waals surface area contributed by atoms with E-state index >= 15 is 0 Å². The van der Waals surface area contributed by atoms with Crippen LogP contribution in [0, 0.1) is 23.8 Å². The standard InChI is InChI=1S/C23H18NO.C13H24O2.Ir/c1-14(2)11-15-9-10-17-13-24-22-18-7-3-5-16-6-4-8-20(21(16)18)25-23(22)19(17)12-15;1-5-10(6-2)12(14)9-13(15)11(7-3)8-4;/h3-6,8-10,12-14H,11H2,1-2H3;9-11,14H,5-8H2,1-4H3;/q-1;;/b;12-9-;/i11D2;;. The molecule has 41 heavy (non-hydrogen) atoms. The van der Waals surface area contributed by atoms with Gasteiger partial charge < -0.3 is 14.8 Å². The number of fused-ring (bicyclic) bond motifs is 4. The molecule has 1 N–H and O–H groups in total. The predicted molar refractivity (Wildman–Crippen MR) is 166 cm³/mol. The second kappa shape index (κ2) is 14.8. The molecule has 5 heteroatoms. The molecule has 1 radical (unpaired) electrons. The van der Waals surface area contributed by atoms with Crippen molar-refractivity contribution in [3.05, 3.63) is 78.2 Å². The van der Waals surface area contributed by atoms with Gasteiger partial charge in [-0.1, -0.05) is 76.6 Å². The van der Waals surface area contributed by atoms with Crippen LogP contribution in [0.1, 0.15) is 75.5 Å². The summed E-state index contributed by atoms with van der Waals surface area (Å²) in [7, 11) is 0. The second-order valence-electron chi connectivity index (χ2n) is 10.7. The topological polar surface area (TPSA) is 59.4 Å². The number of carbonyl (C=O) groups excluding carboxylic acids is 1. The first-order valence-electron chi connectivity index (χ1n) is 15.6. The Morgan fingerprint density at radius 3 is 2.39 bits per heavy atom. The molecule has 0 saturated carbocycles. The zero-order valence-corrected chi connectivity index (χ0v) is 27.3. The number of hydrogen-bond donors (Lipinski definition) is 1. The molecule has 1 aliphatic rings. The number of aliphatic hydroxyl groups is 1. The minimum absolute atomic E-state index is 0. The van der Waals surface area contributed by atoms with E-state index in [0.717, 1.165) is 64.2 Å². The number of allylic oxidation sites excluding steroid dienone is 2. The zero-order valence-electron chi connectivity index (χ0n) is 26.9. The molecule has 0 fully saturated rings. The molecule has 0 atom stereocenters. The van der Waals surface area contributed by atoms with Gasteiger partial charge in [0.2, 0.25) is 0 Å². The summed E-state index contributed by atoms with van der Waals surface area (Å²) in [6.45, 7) is 11.9. The summed E-state index contributed by atoms with van der Waals surface area (Å²) in [5.74, 6) is 1.89. The van der Waals surface area contributed by atoms with Gasteiger partial charge in [0.25, 0.3) is 0 Å². The Labute approximate surface area is 261 Å². The van der Waals surface area contributed by atoms with Crippen molar-refractivity contribution in [1.29, 1.82) is 0 Å². The molecular formula is C36H42IrNO3-. The fourth-order valence-corrected chi connectivity index (χ4v) is 5.29. The first-order chi connectivity index (χ1) is 20.1. The zero-order chi connectivity index (χ0) is 30.6. The summed E-state index contributed by atoms with van der Waals surface area (Å²) < 4.78 is 23.2. The van der Waals surface area contributed by atoms with Crippen molar-refractivity contribution in [3.63, 3.8) is 0 Å². The van der Waals surface area contributed by atoms with E-state index in [1.165, 1.54) is 6.08 Å². The quantitative estimate of drug-likeness (QED) is 0.0932. The van der Waals surface area contributed by atoms with Crippen molar-refractivity contribution in [1.82, 2.24) is 4.98 Å². The molecule has 219 valence electrons. The minimum Gasteiger partial charge on any atom is -0.512 e. The Morgan fingerprint density at radius 2 is 1.73 bits per heavy atom. The number of carbonyl (C=O) groups is 1. The molecule has 4 nitrogen and oxygen atoms in total. The van der Waals surface area contributed by atoms with E-state index in [1.54, 1.807) is 0 Å². The molecule has 4 aromatic rings. The number of aliphatic hydroxyl groups excluding tert-OH is 1. The molecule has 0 saturated heterocycles. The van der Waals surface area contributed by atoms with Gasteiger partial charge >= 0.3 is 0 Å². The Bertz CT molecular complexity index is 1600. The maximum atomic E-state index is 11.7. The van der Waals surface area contributed by atoms with Crippen LogP contribution in [0.4, 0.5) is 0 Å². The summed E-state index contributed by atoms with van der Waals surface area (Å²) in [6, 6.07) is 18.9. The van der Waals surface area contributed by atoms with Gasteiger partial charge in [0.05, 0.1) is 11.5 Å². The van der Waals surface area contributed by atoms with Gasteiger partial charge in [0.1, 0.15) is 5.75 Å². The normalized spacial score (nSPS) is 13.2. The summed E-state index contributed by atoms with van der Waals surface area (Å²) in [6.07, 6.45) is 5.32. The van der Waals surface area contributed by atoms with Gasteiger partial charge in [-0.25, -0.2) is 0 Å². The maximum Gasteiger partial charge on any atom is 0.162 e. The molecule has 2 heterocycles. The number of ketones is 1. The van der Waals surface area contributed by atoms with Crippen LogP contribution in [0.15, 0.2) is 66.6 Å². The number of aromatic nitrogens is 1. The third kappa shape index (κ3) is 7.26. The largest absolute Gasteiger partial charge is 0.512 e. The van der Waals surface area contributed by atoms with Crippen molar-refractivity contribution >= 4 is 27.3 Å². The van der Waals surface area contributed by atoms with Gasteiger partial charge in [-0.3, -0.25) is 4.79 Å². The van der Waals surface area contributed by atoms with E-state index in [2.05, 4.69) is 17.1 Å². The third-order valence-electron chi connectivity index (χ3n) is 7.63. The van der Waals surface area contributed by atoms with Crippen LogP contribution in [-0.4, -0.2) is 15.9 Å². The summed E-state index contributed by atoms with van der Waals surface area (Å²) in [4.78, 5) is 16.4. The van der Waals surface area contributed by atoms with Crippen molar-refractivity contribution in [3.8, 4) is 22.8 Å². The van der Waals surface area contributed by atoms with E-state index in [1.807, 2.05) is 90.2 Å². The van der Waals surface area contributed by atoms with E-state index in [4.69, 9.17) is 7.48 Å². The van der Waals surface area contributed by atoms with E-state index < -0.39 is 6.37 Å². The van der Waals surface area contributed by atoms with Gasteiger partial charge in [-0.05, 0) is 55.7 Å². The number of benzene rings is 3. The van der Waals surface area contributed by atoms with Crippen LogP contribution in [0.2, 0.25) is 0 Å². The number of pyridine rings is 1. The molecular weight excluding hydrogens is 687 g/mol. The molecule has 3 aromatic carbocycles. The monoisotopic (exact) mass is 731 g/mol. The van der Waals surface area contributed by atoms with Crippen LogP contribution in [0.3, 0.4) is 0 Å². The average molecular weight is 731 g/mol. The molecule has 0 amide bonds. The summed E-state index contributed by atoms with van der Waals surface area (Å²) >= 11 is 0. The number of ether oxygens (including phenoxy) is 1. The SMILES string of the molecule is CCC(CC)C(=O)/C=C(\O)C(CC)CC.[2H]C([2H])(c1ccc2cnc3c(c2c1)Oc1cccc2cc[c-]c-3c12)C(C)C.[Ir]. The van der Waals surface area contributed by atoms with E-state index in [9.17, 15) is 9.90 Å². The molecule has 0 bridgehead atoms. The number of nitrogens with zero attached hydrogens (tertiary/aromatic N) is 1. The molecule has 0 unspecified atom stereocenters. The van der Waals surface area contributed by atoms with Gasteiger partial charge in [-0.2, -0.15) is 0 Å². The molecule has 5 rings (SSSR count). The van der Waals surface area contributed by atoms with Crippen LogP contribution in [0.5, 0.6) is 11.5 Å². The fraction of sp³-hybridized carbons (Fsp3) is 0.389. The fourth-order valence-electron chi connectivity index (χ4n) is 5.29. The van der Waals surface area contributed by atoms with Gasteiger partial charge in [0, 0.05) is 63.4 Å². The van der Waals surface area contributed by atoms with Gasteiger partial charge in [0.15, 0.2) is 5.78 Å². The van der Waals surface area contributed by atoms with Crippen LogP contribution >= 0.6 is 0 Å². The molecule has 1 aliphatic heterocycles.